The molecule has 0 aliphatic carbocycles. The van der Waals surface area contributed by atoms with E-state index in [9.17, 15) is 18.0 Å². The summed E-state index contributed by atoms with van der Waals surface area (Å²) in [7, 11) is 0. The zero-order chi connectivity index (χ0) is 24.2. The molecule has 1 heterocycles. The van der Waals surface area contributed by atoms with Crippen LogP contribution in [-0.2, 0) is 11.3 Å². The predicted octanol–water partition coefficient (Wildman–Crippen LogP) is 7.20. The van der Waals surface area contributed by atoms with Gasteiger partial charge in [-0.2, -0.15) is 13.2 Å². The standard InChI is InChI=1S/C22H19Cl4F3N2O2/c23-17-9-13(1-3-14(17)12-30-21(32)31-5-7-33-8-6-31)2-4-16(22(27,28)29)15-10-18(24)20(26)19(25)11-15/h1-4,9-11,16H,5-8,12H2,(H,30,32). The molecule has 0 spiro atoms. The predicted molar refractivity (Wildman–Crippen MR) is 125 cm³/mol. The molecule has 1 aliphatic rings. The molecule has 0 radical (unpaired) electrons. The van der Waals surface area contributed by atoms with Crippen LogP contribution < -0.4 is 5.32 Å². The molecule has 2 amide bonds. The van der Waals surface area contributed by atoms with Crippen molar-refractivity contribution >= 4 is 58.5 Å². The molecule has 2 aromatic carbocycles. The third kappa shape index (κ3) is 6.93. The Kier molecular flexibility index (Phi) is 8.81. The first-order valence-corrected chi connectivity index (χ1v) is 11.4. The molecule has 2 aromatic rings. The van der Waals surface area contributed by atoms with Crippen molar-refractivity contribution < 1.29 is 22.7 Å². The van der Waals surface area contributed by atoms with Gasteiger partial charge in [0.25, 0.3) is 0 Å². The average molecular weight is 542 g/mol. The Hall–Kier alpha value is -1.64. The summed E-state index contributed by atoms with van der Waals surface area (Å²) in [5.41, 5.74) is 0.967. The average Bonchev–Trinajstić information content (AvgIpc) is 2.76. The first kappa shape index (κ1) is 26.0. The molecule has 1 fully saturated rings. The summed E-state index contributed by atoms with van der Waals surface area (Å²) in [6.45, 7) is 2.18. The van der Waals surface area contributed by atoms with E-state index in [-0.39, 0.29) is 33.2 Å². The fourth-order valence-corrected chi connectivity index (χ4v) is 4.10. The maximum absolute atomic E-state index is 13.7. The van der Waals surface area contributed by atoms with Crippen LogP contribution in [0.15, 0.2) is 36.4 Å². The second kappa shape index (κ2) is 11.2. The van der Waals surface area contributed by atoms with Crippen LogP contribution >= 0.6 is 46.4 Å². The first-order valence-electron chi connectivity index (χ1n) is 9.84. The van der Waals surface area contributed by atoms with Gasteiger partial charge in [-0.25, -0.2) is 4.79 Å². The van der Waals surface area contributed by atoms with E-state index in [0.717, 1.165) is 18.2 Å². The lowest BCUT2D eigenvalue weighted by Gasteiger charge is -2.27. The van der Waals surface area contributed by atoms with Gasteiger partial charge in [0.1, 0.15) is 0 Å². The summed E-state index contributed by atoms with van der Waals surface area (Å²) < 4.78 is 46.3. The number of hydrogen-bond acceptors (Lipinski definition) is 2. The van der Waals surface area contributed by atoms with Crippen molar-refractivity contribution in [2.45, 2.75) is 18.6 Å². The van der Waals surface area contributed by atoms with Gasteiger partial charge in [-0.05, 0) is 34.9 Å². The minimum Gasteiger partial charge on any atom is -0.378 e. The maximum atomic E-state index is 13.7. The lowest BCUT2D eigenvalue weighted by Crippen LogP contribution is -2.45. The summed E-state index contributed by atoms with van der Waals surface area (Å²) in [5, 5.41) is 2.97. The molecule has 33 heavy (non-hydrogen) atoms. The van der Waals surface area contributed by atoms with Crippen LogP contribution in [0.2, 0.25) is 20.1 Å². The van der Waals surface area contributed by atoms with Crippen molar-refractivity contribution in [3.8, 4) is 0 Å². The topological polar surface area (TPSA) is 41.6 Å². The van der Waals surface area contributed by atoms with Gasteiger partial charge >= 0.3 is 12.2 Å². The molecule has 11 heteroatoms. The smallest absolute Gasteiger partial charge is 0.378 e. The number of alkyl halides is 3. The summed E-state index contributed by atoms with van der Waals surface area (Å²) in [6.07, 6.45) is -2.26. The van der Waals surface area contributed by atoms with Gasteiger partial charge in [0.05, 0.1) is 34.2 Å². The Morgan fingerprint density at radius 3 is 2.27 bits per heavy atom. The number of nitrogens with one attached hydrogen (secondary N) is 1. The molecular formula is C22H19Cl4F3N2O2. The number of nitrogens with zero attached hydrogens (tertiary/aromatic N) is 1. The van der Waals surface area contributed by atoms with Crippen molar-refractivity contribution in [3.05, 3.63) is 73.2 Å². The summed E-state index contributed by atoms with van der Waals surface area (Å²) in [5.74, 6) is -1.95. The molecule has 3 rings (SSSR count). The van der Waals surface area contributed by atoms with E-state index in [4.69, 9.17) is 51.1 Å². The highest BCUT2D eigenvalue weighted by atomic mass is 35.5. The Morgan fingerprint density at radius 1 is 1.06 bits per heavy atom. The van der Waals surface area contributed by atoms with Crippen LogP contribution in [0.4, 0.5) is 18.0 Å². The van der Waals surface area contributed by atoms with Crippen molar-refractivity contribution in [3.63, 3.8) is 0 Å². The number of carbonyl (C=O) groups is 1. The summed E-state index contributed by atoms with van der Waals surface area (Å²) in [6, 6.07) is 6.86. The monoisotopic (exact) mass is 540 g/mol. The highest BCUT2D eigenvalue weighted by molar-refractivity contribution is 6.48. The second-order valence-electron chi connectivity index (χ2n) is 7.29. The van der Waals surface area contributed by atoms with Gasteiger partial charge in [0.15, 0.2) is 0 Å². The molecular weight excluding hydrogens is 523 g/mol. The number of halogens is 7. The Morgan fingerprint density at radius 2 is 1.70 bits per heavy atom. The molecule has 1 unspecified atom stereocenters. The molecule has 0 aromatic heterocycles. The number of amides is 2. The van der Waals surface area contributed by atoms with Crippen LogP contribution in [0.3, 0.4) is 0 Å². The highest BCUT2D eigenvalue weighted by Crippen LogP contribution is 2.41. The van der Waals surface area contributed by atoms with E-state index in [1.165, 1.54) is 12.1 Å². The summed E-state index contributed by atoms with van der Waals surface area (Å²) in [4.78, 5) is 13.8. The minimum absolute atomic E-state index is 0.00457. The molecule has 178 valence electrons. The lowest BCUT2D eigenvalue weighted by atomic mass is 9.97. The lowest BCUT2D eigenvalue weighted by molar-refractivity contribution is -0.139. The maximum Gasteiger partial charge on any atom is 0.399 e. The number of ether oxygens (including phenoxy) is 1. The largest absolute Gasteiger partial charge is 0.399 e. The molecule has 1 atom stereocenters. The molecule has 1 saturated heterocycles. The van der Waals surface area contributed by atoms with E-state index in [0.29, 0.717) is 42.5 Å². The number of morpholine rings is 1. The summed E-state index contributed by atoms with van der Waals surface area (Å²) >= 11 is 24.0. The van der Waals surface area contributed by atoms with Crippen LogP contribution in [0.25, 0.3) is 6.08 Å². The normalized spacial score (nSPS) is 15.7. The number of urea groups is 1. The third-order valence-corrected chi connectivity index (χ3v) is 6.55. The van der Waals surface area contributed by atoms with Crippen molar-refractivity contribution in [2.24, 2.45) is 0 Å². The first-order chi connectivity index (χ1) is 15.6. The molecule has 4 nitrogen and oxygen atoms in total. The highest BCUT2D eigenvalue weighted by Gasteiger charge is 2.39. The van der Waals surface area contributed by atoms with Gasteiger partial charge in [0, 0.05) is 24.7 Å². The van der Waals surface area contributed by atoms with Gasteiger partial charge in [-0.15, -0.1) is 0 Å². The van der Waals surface area contributed by atoms with Crippen molar-refractivity contribution in [1.82, 2.24) is 10.2 Å². The Bertz CT molecular complexity index is 1020. The van der Waals surface area contributed by atoms with Gasteiger partial charge in [-0.3, -0.25) is 0 Å². The third-order valence-electron chi connectivity index (χ3n) is 5.00. The number of hydrogen-bond donors (Lipinski definition) is 1. The fraction of sp³-hybridized carbons (Fsp3) is 0.318. The SMILES string of the molecule is O=C(NCc1ccc(C=CC(c2cc(Cl)c(Cl)c(Cl)c2)C(F)(F)F)cc1Cl)N1CCOCC1. The Labute approximate surface area is 209 Å². The van der Waals surface area contributed by atoms with E-state index in [2.05, 4.69) is 5.32 Å². The zero-order valence-corrected chi connectivity index (χ0v) is 20.1. The van der Waals surface area contributed by atoms with Crippen LogP contribution in [-0.4, -0.2) is 43.4 Å². The van der Waals surface area contributed by atoms with Gasteiger partial charge in [-0.1, -0.05) is 70.7 Å². The quantitative estimate of drug-likeness (QED) is 0.406. The van der Waals surface area contributed by atoms with Crippen LogP contribution in [0.1, 0.15) is 22.6 Å². The van der Waals surface area contributed by atoms with Crippen LogP contribution in [0.5, 0.6) is 0 Å². The molecule has 1 aliphatic heterocycles. The van der Waals surface area contributed by atoms with E-state index in [1.54, 1.807) is 17.0 Å². The Balaban J connectivity index is 1.72. The number of carbonyl (C=O) groups excluding carboxylic acids is 1. The van der Waals surface area contributed by atoms with E-state index < -0.39 is 12.1 Å². The van der Waals surface area contributed by atoms with E-state index >= 15 is 0 Å². The molecule has 0 saturated carbocycles. The van der Waals surface area contributed by atoms with Crippen LogP contribution in [0, 0.1) is 0 Å². The number of rotatable bonds is 5. The second-order valence-corrected chi connectivity index (χ2v) is 8.89. The fourth-order valence-electron chi connectivity index (χ4n) is 3.23. The number of allylic oxidation sites excluding steroid dienone is 1. The molecule has 1 N–H and O–H groups in total. The van der Waals surface area contributed by atoms with Gasteiger partial charge < -0.3 is 15.0 Å². The van der Waals surface area contributed by atoms with Gasteiger partial charge in [0.2, 0.25) is 0 Å². The minimum atomic E-state index is -4.58. The van der Waals surface area contributed by atoms with E-state index in [1.807, 2.05) is 0 Å². The number of benzene rings is 2. The van der Waals surface area contributed by atoms with Crippen molar-refractivity contribution in [1.29, 1.82) is 0 Å². The van der Waals surface area contributed by atoms with Crippen molar-refractivity contribution in [2.75, 3.05) is 26.3 Å². The zero-order valence-electron chi connectivity index (χ0n) is 17.1. The molecule has 0 bridgehead atoms.